The van der Waals surface area contributed by atoms with Gasteiger partial charge < -0.3 is 10.5 Å². The Hall–Kier alpha value is -2.24. The molecular formula is C15H16N2O3. The maximum absolute atomic E-state index is 10.7. The Morgan fingerprint density at radius 3 is 2.55 bits per heavy atom. The average Bonchev–Trinajstić information content (AvgIpc) is 2.49. The summed E-state index contributed by atoms with van der Waals surface area (Å²) in [5.41, 5.74) is 7.54. The van der Waals surface area contributed by atoms with Crippen LogP contribution in [-0.4, -0.2) is 11.5 Å². The molecule has 0 fully saturated rings. The highest BCUT2D eigenvalue weighted by molar-refractivity contribution is 5.33. The summed E-state index contributed by atoms with van der Waals surface area (Å²) >= 11 is 0. The molecule has 0 spiro atoms. The molecule has 0 bridgehead atoms. The number of non-ortho nitro benzene ring substituents is 1. The van der Waals surface area contributed by atoms with Crippen molar-refractivity contribution >= 4 is 5.69 Å². The maximum atomic E-state index is 10.7. The monoisotopic (exact) mass is 272 g/mol. The second kappa shape index (κ2) is 6.79. The van der Waals surface area contributed by atoms with E-state index in [4.69, 9.17) is 10.5 Å². The molecule has 0 aliphatic heterocycles. The third kappa shape index (κ3) is 3.63. The summed E-state index contributed by atoms with van der Waals surface area (Å²) in [4.78, 5) is 10.3. The Bertz CT molecular complexity index is 572. The largest absolute Gasteiger partial charge is 0.368 e. The van der Waals surface area contributed by atoms with Gasteiger partial charge in [-0.15, -0.1) is 0 Å². The first-order chi connectivity index (χ1) is 9.70. The van der Waals surface area contributed by atoms with Crippen molar-refractivity contribution < 1.29 is 9.66 Å². The van der Waals surface area contributed by atoms with Crippen molar-refractivity contribution in [2.24, 2.45) is 5.73 Å². The molecule has 5 heteroatoms. The minimum absolute atomic E-state index is 0.0649. The molecule has 0 aromatic heterocycles. The Balaban J connectivity index is 2.03. The molecule has 0 heterocycles. The van der Waals surface area contributed by atoms with Crippen LogP contribution >= 0.6 is 0 Å². The van der Waals surface area contributed by atoms with Crippen LogP contribution in [0.3, 0.4) is 0 Å². The Kier molecular flexibility index (Phi) is 4.81. The Morgan fingerprint density at radius 1 is 1.15 bits per heavy atom. The summed E-state index contributed by atoms with van der Waals surface area (Å²) < 4.78 is 5.75. The molecule has 104 valence electrons. The lowest BCUT2D eigenvalue weighted by atomic mass is 10.1. The van der Waals surface area contributed by atoms with E-state index in [0.717, 1.165) is 11.1 Å². The number of nitrogens with two attached hydrogens (primary N) is 1. The molecule has 5 nitrogen and oxygen atoms in total. The van der Waals surface area contributed by atoms with Crippen molar-refractivity contribution in [2.45, 2.75) is 12.7 Å². The third-order valence-corrected chi connectivity index (χ3v) is 2.96. The number of nitrogens with zero attached hydrogens (tertiary/aromatic N) is 1. The molecule has 0 aliphatic carbocycles. The smallest absolute Gasteiger partial charge is 0.269 e. The summed E-state index contributed by atoms with van der Waals surface area (Å²) in [6.07, 6.45) is -0.213. The van der Waals surface area contributed by atoms with E-state index in [1.807, 2.05) is 30.3 Å². The minimum Gasteiger partial charge on any atom is -0.368 e. The lowest BCUT2D eigenvalue weighted by Gasteiger charge is -2.16. The SMILES string of the molecule is NC[C@H](OCc1cccc([N+](=O)[O-])c1)c1ccccc1. The van der Waals surface area contributed by atoms with E-state index in [1.165, 1.54) is 12.1 Å². The fourth-order valence-corrected chi connectivity index (χ4v) is 1.92. The van der Waals surface area contributed by atoms with Crippen LogP contribution in [0.5, 0.6) is 0 Å². The molecular weight excluding hydrogens is 256 g/mol. The summed E-state index contributed by atoms with van der Waals surface area (Å²) in [5, 5.41) is 10.7. The number of nitro groups is 1. The van der Waals surface area contributed by atoms with Gasteiger partial charge >= 0.3 is 0 Å². The van der Waals surface area contributed by atoms with Gasteiger partial charge in [-0.25, -0.2) is 0 Å². The molecule has 2 aromatic rings. The number of hydrogen-bond acceptors (Lipinski definition) is 4. The van der Waals surface area contributed by atoms with E-state index in [2.05, 4.69) is 0 Å². The van der Waals surface area contributed by atoms with Crippen molar-refractivity contribution in [3.05, 3.63) is 75.8 Å². The van der Waals surface area contributed by atoms with Gasteiger partial charge in [0, 0.05) is 18.7 Å². The van der Waals surface area contributed by atoms with Gasteiger partial charge in [-0.1, -0.05) is 42.5 Å². The predicted molar refractivity (Wildman–Crippen MR) is 76.1 cm³/mol. The van der Waals surface area contributed by atoms with Gasteiger partial charge in [0.05, 0.1) is 17.6 Å². The second-order valence-corrected chi connectivity index (χ2v) is 4.37. The maximum Gasteiger partial charge on any atom is 0.269 e. The average molecular weight is 272 g/mol. The molecule has 2 N–H and O–H groups in total. The van der Waals surface area contributed by atoms with Crippen molar-refractivity contribution in [3.8, 4) is 0 Å². The van der Waals surface area contributed by atoms with E-state index in [0.29, 0.717) is 13.2 Å². The lowest BCUT2D eigenvalue weighted by molar-refractivity contribution is -0.385. The van der Waals surface area contributed by atoms with E-state index < -0.39 is 4.92 Å². The van der Waals surface area contributed by atoms with Crippen LogP contribution in [0.15, 0.2) is 54.6 Å². The molecule has 0 saturated heterocycles. The molecule has 0 aliphatic rings. The van der Waals surface area contributed by atoms with Crippen LogP contribution in [0.2, 0.25) is 0 Å². The van der Waals surface area contributed by atoms with Gasteiger partial charge in [0.15, 0.2) is 0 Å². The molecule has 0 saturated carbocycles. The summed E-state index contributed by atoms with van der Waals surface area (Å²) in [6.45, 7) is 0.650. The van der Waals surface area contributed by atoms with Crippen LogP contribution < -0.4 is 5.73 Å². The minimum atomic E-state index is -0.416. The Morgan fingerprint density at radius 2 is 1.90 bits per heavy atom. The topological polar surface area (TPSA) is 78.4 Å². The van der Waals surface area contributed by atoms with E-state index in [-0.39, 0.29) is 11.8 Å². The Labute approximate surface area is 117 Å². The first-order valence-corrected chi connectivity index (χ1v) is 6.30. The number of benzene rings is 2. The predicted octanol–water partition coefficient (Wildman–Crippen LogP) is 2.81. The fourth-order valence-electron chi connectivity index (χ4n) is 1.92. The van der Waals surface area contributed by atoms with Crippen LogP contribution in [0.25, 0.3) is 0 Å². The quantitative estimate of drug-likeness (QED) is 0.647. The zero-order valence-corrected chi connectivity index (χ0v) is 10.9. The first kappa shape index (κ1) is 14.2. The highest BCUT2D eigenvalue weighted by Gasteiger charge is 2.11. The molecule has 20 heavy (non-hydrogen) atoms. The van der Waals surface area contributed by atoms with Crippen molar-refractivity contribution in [1.82, 2.24) is 0 Å². The van der Waals surface area contributed by atoms with Crippen LogP contribution in [0.4, 0.5) is 5.69 Å². The summed E-state index contributed by atoms with van der Waals surface area (Å²) in [5.74, 6) is 0. The standard InChI is InChI=1S/C15H16N2O3/c16-10-15(13-6-2-1-3-7-13)20-11-12-5-4-8-14(9-12)17(18)19/h1-9,15H,10-11,16H2/t15-/m0/s1. The summed E-state index contributed by atoms with van der Waals surface area (Å²) in [7, 11) is 0. The third-order valence-electron chi connectivity index (χ3n) is 2.96. The zero-order valence-electron chi connectivity index (χ0n) is 10.9. The molecule has 0 amide bonds. The molecule has 1 atom stereocenters. The first-order valence-electron chi connectivity index (χ1n) is 6.30. The zero-order chi connectivity index (χ0) is 14.4. The number of rotatable bonds is 6. The van der Waals surface area contributed by atoms with Gasteiger partial charge in [-0.3, -0.25) is 10.1 Å². The van der Waals surface area contributed by atoms with Crippen LogP contribution in [0, 0.1) is 10.1 Å². The fraction of sp³-hybridized carbons (Fsp3) is 0.200. The second-order valence-electron chi connectivity index (χ2n) is 4.37. The summed E-state index contributed by atoms with van der Waals surface area (Å²) in [6, 6.07) is 16.1. The van der Waals surface area contributed by atoms with Crippen LogP contribution in [-0.2, 0) is 11.3 Å². The van der Waals surface area contributed by atoms with E-state index in [1.54, 1.807) is 12.1 Å². The van der Waals surface area contributed by atoms with E-state index in [9.17, 15) is 10.1 Å². The molecule has 0 radical (unpaired) electrons. The van der Waals surface area contributed by atoms with Crippen molar-refractivity contribution in [2.75, 3.05) is 6.54 Å². The lowest BCUT2D eigenvalue weighted by Crippen LogP contribution is -2.15. The molecule has 0 unspecified atom stereocenters. The highest BCUT2D eigenvalue weighted by Crippen LogP contribution is 2.19. The number of hydrogen-bond donors (Lipinski definition) is 1. The van der Waals surface area contributed by atoms with Gasteiger partial charge in [0.25, 0.3) is 5.69 Å². The highest BCUT2D eigenvalue weighted by atomic mass is 16.6. The number of ether oxygens (including phenoxy) is 1. The molecule has 2 aromatic carbocycles. The molecule has 2 rings (SSSR count). The van der Waals surface area contributed by atoms with Crippen molar-refractivity contribution in [1.29, 1.82) is 0 Å². The van der Waals surface area contributed by atoms with Gasteiger partial charge in [-0.2, -0.15) is 0 Å². The number of nitro benzene ring substituents is 1. The van der Waals surface area contributed by atoms with Gasteiger partial charge in [-0.05, 0) is 11.1 Å². The van der Waals surface area contributed by atoms with Crippen LogP contribution in [0.1, 0.15) is 17.2 Å². The normalized spacial score (nSPS) is 12.1. The van der Waals surface area contributed by atoms with Gasteiger partial charge in [0.2, 0.25) is 0 Å². The van der Waals surface area contributed by atoms with Gasteiger partial charge in [0.1, 0.15) is 0 Å². The van der Waals surface area contributed by atoms with Crippen molar-refractivity contribution in [3.63, 3.8) is 0 Å². The van der Waals surface area contributed by atoms with E-state index >= 15 is 0 Å².